The molecule has 0 aromatic heterocycles. The molecule has 0 aliphatic rings. The van der Waals surface area contributed by atoms with Crippen LogP contribution < -0.4 is 0 Å². The summed E-state index contributed by atoms with van der Waals surface area (Å²) >= 11 is 0. The van der Waals surface area contributed by atoms with Gasteiger partial charge in [0.05, 0.1) is 6.61 Å². The highest BCUT2D eigenvalue weighted by Gasteiger charge is 2.10. The summed E-state index contributed by atoms with van der Waals surface area (Å²) in [5.41, 5.74) is 1.04. The van der Waals surface area contributed by atoms with Crippen molar-refractivity contribution in [3.05, 3.63) is 42.0 Å². The van der Waals surface area contributed by atoms with Crippen molar-refractivity contribution in [3.63, 3.8) is 0 Å². The molecule has 1 aromatic rings. The van der Waals surface area contributed by atoms with Gasteiger partial charge in [0, 0.05) is 5.41 Å². The number of benzene rings is 1. The first-order chi connectivity index (χ1) is 6.14. The maximum Gasteiger partial charge on any atom is 0.0516 e. The Morgan fingerprint density at radius 3 is 2.38 bits per heavy atom. The van der Waals surface area contributed by atoms with Gasteiger partial charge in [-0.2, -0.15) is 0 Å². The van der Waals surface area contributed by atoms with Crippen molar-refractivity contribution in [2.75, 3.05) is 6.61 Å². The highest BCUT2D eigenvalue weighted by atomic mass is 16.3. The smallest absolute Gasteiger partial charge is 0.0516 e. The predicted molar refractivity (Wildman–Crippen MR) is 56.3 cm³/mol. The van der Waals surface area contributed by atoms with Gasteiger partial charge < -0.3 is 5.11 Å². The summed E-state index contributed by atoms with van der Waals surface area (Å²) in [7, 11) is 0. The molecule has 0 unspecified atom stereocenters. The fourth-order valence-electron chi connectivity index (χ4n) is 0.939. The quantitative estimate of drug-likeness (QED) is 0.750. The van der Waals surface area contributed by atoms with Gasteiger partial charge in [-0.15, -0.1) is 0 Å². The van der Waals surface area contributed by atoms with E-state index < -0.39 is 0 Å². The average molecular weight is 176 g/mol. The predicted octanol–water partition coefficient (Wildman–Crippen LogP) is 2.72. The fourth-order valence-corrected chi connectivity index (χ4v) is 0.939. The molecule has 0 heterocycles. The Morgan fingerprint density at radius 2 is 1.85 bits per heavy atom. The van der Waals surface area contributed by atoms with E-state index in [0.29, 0.717) is 0 Å². The van der Waals surface area contributed by atoms with Gasteiger partial charge in [-0.05, 0) is 5.56 Å². The first-order valence-electron chi connectivity index (χ1n) is 4.49. The van der Waals surface area contributed by atoms with E-state index in [9.17, 15) is 0 Å². The van der Waals surface area contributed by atoms with Gasteiger partial charge in [-0.25, -0.2) is 0 Å². The summed E-state index contributed by atoms with van der Waals surface area (Å²) in [5, 5.41) is 9.02. The van der Waals surface area contributed by atoms with Crippen molar-refractivity contribution in [3.8, 4) is 0 Å². The molecule has 13 heavy (non-hydrogen) atoms. The Kier molecular flexibility index (Phi) is 3.26. The van der Waals surface area contributed by atoms with Crippen molar-refractivity contribution in [2.45, 2.75) is 13.8 Å². The van der Waals surface area contributed by atoms with Crippen molar-refractivity contribution < 1.29 is 5.11 Å². The van der Waals surface area contributed by atoms with Gasteiger partial charge in [0.2, 0.25) is 0 Å². The van der Waals surface area contributed by atoms with Crippen molar-refractivity contribution >= 4 is 6.08 Å². The highest BCUT2D eigenvalue weighted by molar-refractivity contribution is 5.49. The van der Waals surface area contributed by atoms with Crippen LogP contribution in [0.2, 0.25) is 0 Å². The number of aliphatic hydroxyl groups is 1. The lowest BCUT2D eigenvalue weighted by atomic mass is 9.93. The minimum absolute atomic E-state index is 0.129. The topological polar surface area (TPSA) is 20.2 Å². The highest BCUT2D eigenvalue weighted by Crippen LogP contribution is 2.17. The molecule has 0 spiro atoms. The van der Waals surface area contributed by atoms with Crippen molar-refractivity contribution in [2.24, 2.45) is 5.41 Å². The fraction of sp³-hybridized carbons (Fsp3) is 0.333. The van der Waals surface area contributed by atoms with E-state index in [-0.39, 0.29) is 12.0 Å². The van der Waals surface area contributed by atoms with E-state index in [1.165, 1.54) is 5.56 Å². The summed E-state index contributed by atoms with van der Waals surface area (Å²) in [6, 6.07) is 10.1. The first-order valence-corrected chi connectivity index (χ1v) is 4.49. The summed E-state index contributed by atoms with van der Waals surface area (Å²) in [6.07, 6.45) is 4.07. The molecule has 0 amide bonds. The Hall–Kier alpha value is -1.08. The standard InChI is InChI=1S/C12H16O/c1-12(2,10-13)9-8-11-6-4-3-5-7-11/h3-9,13H,10H2,1-2H3/b9-8-. The summed E-state index contributed by atoms with van der Waals surface area (Å²) < 4.78 is 0. The van der Waals surface area contributed by atoms with E-state index in [2.05, 4.69) is 0 Å². The molecule has 0 bridgehead atoms. The van der Waals surface area contributed by atoms with Crippen LogP contribution in [0.4, 0.5) is 0 Å². The molecular weight excluding hydrogens is 160 g/mol. The zero-order valence-electron chi connectivity index (χ0n) is 8.20. The monoisotopic (exact) mass is 176 g/mol. The second-order valence-corrected chi connectivity index (χ2v) is 3.89. The Balaban J connectivity index is 2.69. The molecule has 0 fully saturated rings. The largest absolute Gasteiger partial charge is 0.395 e. The van der Waals surface area contributed by atoms with Gasteiger partial charge in [-0.1, -0.05) is 56.3 Å². The summed E-state index contributed by atoms with van der Waals surface area (Å²) in [6.45, 7) is 4.19. The molecule has 0 radical (unpaired) electrons. The van der Waals surface area contributed by atoms with Crippen LogP contribution in [0, 0.1) is 5.41 Å². The molecule has 1 aromatic carbocycles. The molecule has 1 heteroatoms. The van der Waals surface area contributed by atoms with Crippen LogP contribution in [-0.4, -0.2) is 11.7 Å². The summed E-state index contributed by atoms with van der Waals surface area (Å²) in [4.78, 5) is 0. The third-order valence-corrected chi connectivity index (χ3v) is 1.93. The second kappa shape index (κ2) is 4.24. The number of aliphatic hydroxyl groups excluding tert-OH is 1. The third kappa shape index (κ3) is 3.43. The zero-order chi connectivity index (χ0) is 9.73. The Morgan fingerprint density at radius 1 is 1.23 bits per heavy atom. The van der Waals surface area contributed by atoms with Crippen LogP contribution in [0.1, 0.15) is 19.4 Å². The van der Waals surface area contributed by atoms with Crippen molar-refractivity contribution in [1.29, 1.82) is 0 Å². The Bertz CT molecular complexity index is 272. The lowest BCUT2D eigenvalue weighted by Gasteiger charge is -2.15. The average Bonchev–Trinajstić information content (AvgIpc) is 2.17. The molecule has 0 aliphatic carbocycles. The molecule has 70 valence electrons. The molecule has 0 aliphatic heterocycles. The normalized spacial score (nSPS) is 12.2. The first kappa shape index (κ1) is 10.0. The maximum atomic E-state index is 9.02. The maximum absolute atomic E-state index is 9.02. The van der Waals surface area contributed by atoms with Gasteiger partial charge in [0.15, 0.2) is 0 Å². The molecule has 0 atom stereocenters. The molecule has 1 nitrogen and oxygen atoms in total. The molecule has 0 saturated carbocycles. The van der Waals surface area contributed by atoms with Crippen LogP contribution in [0.3, 0.4) is 0 Å². The van der Waals surface area contributed by atoms with E-state index in [0.717, 1.165) is 0 Å². The van der Waals surface area contributed by atoms with Gasteiger partial charge in [0.25, 0.3) is 0 Å². The number of hydrogen-bond donors (Lipinski definition) is 1. The Labute approximate surface area is 79.7 Å². The van der Waals surface area contributed by atoms with E-state index >= 15 is 0 Å². The second-order valence-electron chi connectivity index (χ2n) is 3.89. The van der Waals surface area contributed by atoms with Crippen LogP contribution in [0.5, 0.6) is 0 Å². The van der Waals surface area contributed by atoms with Crippen LogP contribution in [0.15, 0.2) is 36.4 Å². The molecular formula is C12H16O. The van der Waals surface area contributed by atoms with Crippen LogP contribution >= 0.6 is 0 Å². The van der Waals surface area contributed by atoms with Gasteiger partial charge in [0.1, 0.15) is 0 Å². The van der Waals surface area contributed by atoms with Crippen LogP contribution in [-0.2, 0) is 0 Å². The molecule has 1 N–H and O–H groups in total. The van der Waals surface area contributed by atoms with Gasteiger partial charge >= 0.3 is 0 Å². The minimum Gasteiger partial charge on any atom is -0.395 e. The zero-order valence-corrected chi connectivity index (χ0v) is 8.20. The summed E-state index contributed by atoms with van der Waals surface area (Å²) in [5.74, 6) is 0. The van der Waals surface area contributed by atoms with Crippen LogP contribution in [0.25, 0.3) is 6.08 Å². The van der Waals surface area contributed by atoms with E-state index in [4.69, 9.17) is 5.11 Å². The van der Waals surface area contributed by atoms with E-state index in [1.54, 1.807) is 0 Å². The number of hydrogen-bond acceptors (Lipinski definition) is 1. The van der Waals surface area contributed by atoms with Gasteiger partial charge in [-0.3, -0.25) is 0 Å². The lowest BCUT2D eigenvalue weighted by molar-refractivity contribution is 0.200. The van der Waals surface area contributed by atoms with E-state index in [1.807, 2.05) is 56.3 Å². The molecule has 1 rings (SSSR count). The SMILES string of the molecule is CC(C)(/C=C\c1ccccc1)CO. The lowest BCUT2D eigenvalue weighted by Crippen LogP contribution is -2.12. The van der Waals surface area contributed by atoms with Crippen molar-refractivity contribution in [1.82, 2.24) is 0 Å². The third-order valence-electron chi connectivity index (χ3n) is 1.93. The molecule has 0 saturated heterocycles. The minimum atomic E-state index is -0.129. The number of rotatable bonds is 3.